The van der Waals surface area contributed by atoms with Gasteiger partial charge in [-0.1, -0.05) is 48.5 Å². The fourth-order valence-corrected chi connectivity index (χ4v) is 7.21. The molecule has 7 rings (SSSR count). The number of ether oxygens (including phenoxy) is 2. The number of hydrogen-bond donors (Lipinski definition) is 2. The van der Waals surface area contributed by atoms with Crippen LogP contribution in [-0.4, -0.2) is 68.2 Å². The third kappa shape index (κ3) is 7.58. The number of benzene rings is 4. The molecule has 0 saturated carbocycles. The zero-order valence-electron chi connectivity index (χ0n) is 31.8. The number of aromatic nitrogens is 4. The largest absolute Gasteiger partial charge is 0.497 e. The van der Waals surface area contributed by atoms with Gasteiger partial charge in [-0.05, 0) is 94.8 Å². The molecule has 56 heavy (non-hydrogen) atoms. The lowest BCUT2D eigenvalue weighted by Gasteiger charge is -2.27. The normalized spacial score (nSPS) is 14.3. The van der Waals surface area contributed by atoms with Crippen LogP contribution in [0.15, 0.2) is 103 Å². The van der Waals surface area contributed by atoms with E-state index in [1.54, 1.807) is 36.8 Å². The predicted molar refractivity (Wildman–Crippen MR) is 217 cm³/mol. The summed E-state index contributed by atoms with van der Waals surface area (Å²) < 4.78 is 15.1. The van der Waals surface area contributed by atoms with Crippen molar-refractivity contribution in [2.75, 3.05) is 13.7 Å². The molecule has 2 atom stereocenters. The molecule has 2 N–H and O–H groups in total. The first-order chi connectivity index (χ1) is 26.9. The summed E-state index contributed by atoms with van der Waals surface area (Å²) in [7, 11) is 1.61. The number of aliphatic imine (C=N–C) groups is 1. The number of carbonyl (C=O) groups is 3. The number of hydrogen-bond acceptors (Lipinski definition) is 8. The Morgan fingerprint density at radius 3 is 2.48 bits per heavy atom. The van der Waals surface area contributed by atoms with E-state index in [0.717, 1.165) is 33.1 Å². The van der Waals surface area contributed by atoms with E-state index in [-0.39, 0.29) is 30.7 Å². The Labute approximate surface area is 329 Å². The van der Waals surface area contributed by atoms with Gasteiger partial charge in [-0.3, -0.25) is 28.5 Å². The van der Waals surface area contributed by atoms with Crippen LogP contribution in [0.5, 0.6) is 5.75 Å². The molecule has 2 aromatic heterocycles. The molecule has 2 amide bonds. The minimum atomic E-state index is -0.656. The molecular formula is C43H42ClN7O5. The van der Waals surface area contributed by atoms with Crippen LogP contribution < -0.4 is 15.4 Å². The van der Waals surface area contributed by atoms with Crippen molar-refractivity contribution in [2.45, 2.75) is 58.3 Å². The van der Waals surface area contributed by atoms with Crippen LogP contribution >= 0.6 is 11.6 Å². The van der Waals surface area contributed by atoms with E-state index >= 15 is 0 Å². The first kappa shape index (κ1) is 38.2. The summed E-state index contributed by atoms with van der Waals surface area (Å²) in [6.07, 6.45) is 1.14. The van der Waals surface area contributed by atoms with Crippen molar-refractivity contribution in [3.05, 3.63) is 131 Å². The molecule has 4 aromatic carbocycles. The third-order valence-corrected chi connectivity index (χ3v) is 10.1. The highest BCUT2D eigenvalue weighted by Crippen LogP contribution is 2.35. The lowest BCUT2D eigenvalue weighted by atomic mass is 9.99. The van der Waals surface area contributed by atoms with Crippen molar-refractivity contribution in [3.8, 4) is 11.4 Å². The van der Waals surface area contributed by atoms with E-state index in [9.17, 15) is 14.4 Å². The molecule has 1 aliphatic rings. The monoisotopic (exact) mass is 771 g/mol. The number of halogens is 1. The number of nitrogens with zero attached hydrogens (tertiary/aromatic N) is 5. The van der Waals surface area contributed by atoms with E-state index in [1.165, 1.54) is 6.08 Å². The van der Waals surface area contributed by atoms with Crippen LogP contribution in [0.3, 0.4) is 0 Å². The fourth-order valence-electron chi connectivity index (χ4n) is 7.09. The first-order valence-electron chi connectivity index (χ1n) is 18.3. The van der Waals surface area contributed by atoms with Crippen molar-refractivity contribution in [1.82, 2.24) is 30.0 Å². The molecule has 0 saturated heterocycles. The number of carbonyl (C=O) groups excluding carboxylic acids is 3. The van der Waals surface area contributed by atoms with Crippen molar-refractivity contribution in [2.24, 2.45) is 4.99 Å². The van der Waals surface area contributed by atoms with Gasteiger partial charge in [0.25, 0.3) is 11.8 Å². The minimum absolute atomic E-state index is 0.0157. The maximum absolute atomic E-state index is 13.7. The molecule has 1 unspecified atom stereocenters. The summed E-state index contributed by atoms with van der Waals surface area (Å²) in [4.78, 5) is 44.9. The summed E-state index contributed by atoms with van der Waals surface area (Å²) >= 11 is 6.24. The molecule has 0 fully saturated rings. The number of allylic oxidation sites excluding steroid dienone is 1. The van der Waals surface area contributed by atoms with Crippen molar-refractivity contribution < 1.29 is 23.9 Å². The highest BCUT2D eigenvalue weighted by Gasteiger charge is 2.31. The summed E-state index contributed by atoms with van der Waals surface area (Å²) in [5.74, 6) is 1.09. The van der Waals surface area contributed by atoms with Gasteiger partial charge >= 0.3 is 0 Å². The van der Waals surface area contributed by atoms with Crippen LogP contribution in [0.2, 0.25) is 5.02 Å². The van der Waals surface area contributed by atoms with Crippen LogP contribution in [0.4, 0.5) is 0 Å². The molecule has 286 valence electrons. The highest BCUT2D eigenvalue weighted by molar-refractivity contribution is 6.30. The maximum Gasteiger partial charge on any atom is 0.254 e. The Morgan fingerprint density at radius 1 is 0.982 bits per heavy atom. The van der Waals surface area contributed by atoms with Gasteiger partial charge in [-0.15, -0.1) is 10.2 Å². The second kappa shape index (κ2) is 15.6. The van der Waals surface area contributed by atoms with E-state index in [1.807, 2.05) is 92.1 Å². The van der Waals surface area contributed by atoms with Gasteiger partial charge in [0.2, 0.25) is 5.91 Å². The van der Waals surface area contributed by atoms with Gasteiger partial charge in [0.15, 0.2) is 5.82 Å². The Balaban J connectivity index is 1.01. The summed E-state index contributed by atoms with van der Waals surface area (Å²) in [5, 5.41) is 17.1. The van der Waals surface area contributed by atoms with E-state index in [2.05, 4.69) is 27.4 Å². The Bertz CT molecular complexity index is 2540. The molecule has 1 aliphatic heterocycles. The number of methoxy groups -OCH3 is 1. The summed E-state index contributed by atoms with van der Waals surface area (Å²) in [6.45, 7) is 11.4. The highest BCUT2D eigenvalue weighted by atomic mass is 35.5. The van der Waals surface area contributed by atoms with Gasteiger partial charge in [0, 0.05) is 38.0 Å². The van der Waals surface area contributed by atoms with Crippen LogP contribution in [0, 0.1) is 6.92 Å². The molecule has 12 nitrogen and oxygen atoms in total. The summed E-state index contributed by atoms with van der Waals surface area (Å²) in [6, 6.07) is 25.3. The smallest absolute Gasteiger partial charge is 0.254 e. The topological polar surface area (TPSA) is 142 Å². The minimum Gasteiger partial charge on any atom is -0.497 e. The number of fused-ring (bicyclic) bond motifs is 6. The quantitative estimate of drug-likeness (QED) is 0.0968. The van der Waals surface area contributed by atoms with E-state index < -0.39 is 17.8 Å². The standard InChI is InChI=1S/C43H42ClN7O5/c1-7-39(53)51-35-11-9-8-10-31(35)32-22-28(14-18-36(32)51)42(54)45-26(3)56-21-20-43(4,5)47-38(52)24-34-41-49-48-25(2)50(41)37-19-17-30(55-6)23-33(37)40(46-34)27-12-15-29(44)16-13-27/h7-19,22-23,26,34H,1,20-21,24H2,2-6H3,(H,45,54)(H,47,52)/t26?,34-/m0/s1. The van der Waals surface area contributed by atoms with Gasteiger partial charge in [-0.25, -0.2) is 0 Å². The van der Waals surface area contributed by atoms with E-state index in [4.69, 9.17) is 26.1 Å². The second-order valence-corrected chi connectivity index (χ2v) is 14.8. The van der Waals surface area contributed by atoms with Crippen LogP contribution in [0.25, 0.3) is 27.5 Å². The second-order valence-electron chi connectivity index (χ2n) is 14.3. The van der Waals surface area contributed by atoms with Crippen LogP contribution in [0.1, 0.15) is 77.6 Å². The molecule has 6 aromatic rings. The molecule has 13 heteroatoms. The lowest BCUT2D eigenvalue weighted by Crippen LogP contribution is -2.45. The number of aryl methyl sites for hydroxylation is 1. The first-order valence-corrected chi connectivity index (χ1v) is 18.6. The Hall–Kier alpha value is -6.11. The van der Waals surface area contributed by atoms with Crippen molar-refractivity contribution in [3.63, 3.8) is 0 Å². The molecule has 0 spiro atoms. The Kier molecular flexibility index (Phi) is 10.6. The molecule has 0 bridgehead atoms. The lowest BCUT2D eigenvalue weighted by molar-refractivity contribution is -0.123. The number of amides is 2. The van der Waals surface area contributed by atoms with E-state index in [0.29, 0.717) is 45.6 Å². The van der Waals surface area contributed by atoms with Gasteiger partial charge in [0.05, 0.1) is 42.6 Å². The zero-order valence-corrected chi connectivity index (χ0v) is 32.6. The number of rotatable bonds is 12. The zero-order chi connectivity index (χ0) is 39.7. The number of nitrogens with one attached hydrogen (secondary N) is 2. The average molecular weight is 772 g/mol. The number of para-hydroxylation sites is 1. The fraction of sp³-hybridized carbons (Fsp3) is 0.256. The molecular weight excluding hydrogens is 730 g/mol. The van der Waals surface area contributed by atoms with Crippen molar-refractivity contribution in [1.29, 1.82) is 0 Å². The SMILES string of the molecule is C=CC(=O)n1c2ccccc2c2cc(C(=O)NC(C)OCCC(C)(C)NC(=O)C[C@@H]3N=C(c4ccc(Cl)cc4)c4cc(OC)ccc4-n4c(C)nnc43)ccc21. The predicted octanol–water partition coefficient (Wildman–Crippen LogP) is 7.53. The summed E-state index contributed by atoms with van der Waals surface area (Å²) in [5.41, 5.74) is 4.35. The van der Waals surface area contributed by atoms with Crippen LogP contribution in [-0.2, 0) is 9.53 Å². The average Bonchev–Trinajstić information content (AvgIpc) is 3.69. The maximum atomic E-state index is 13.7. The van der Waals surface area contributed by atoms with Gasteiger partial charge in [-0.2, -0.15) is 0 Å². The Morgan fingerprint density at radius 2 is 1.73 bits per heavy atom. The van der Waals surface area contributed by atoms with Crippen molar-refractivity contribution >= 4 is 56.8 Å². The molecule has 0 radical (unpaired) electrons. The third-order valence-electron chi connectivity index (χ3n) is 9.87. The molecule has 3 heterocycles. The molecule has 0 aliphatic carbocycles. The van der Waals surface area contributed by atoms with Gasteiger partial charge < -0.3 is 20.1 Å². The van der Waals surface area contributed by atoms with Gasteiger partial charge in [0.1, 0.15) is 23.8 Å².